The lowest BCUT2D eigenvalue weighted by Gasteiger charge is -2.12. The first-order valence-electron chi connectivity index (χ1n) is 5.91. The first-order chi connectivity index (χ1) is 9.97. The zero-order valence-corrected chi connectivity index (χ0v) is 10.7. The van der Waals surface area contributed by atoms with Crippen LogP contribution in [-0.2, 0) is 0 Å². The molecule has 0 bridgehead atoms. The van der Waals surface area contributed by atoms with Gasteiger partial charge in [-0.05, 0) is 30.3 Å². The molecule has 21 heavy (non-hydrogen) atoms. The number of carbonyl (C=O) groups is 1. The summed E-state index contributed by atoms with van der Waals surface area (Å²) in [6.07, 6.45) is 0. The lowest BCUT2D eigenvalue weighted by molar-refractivity contribution is -0.0493. The number of para-hydroxylation sites is 2. The van der Waals surface area contributed by atoms with E-state index in [0.717, 1.165) is 0 Å². The number of benzene rings is 2. The van der Waals surface area contributed by atoms with Crippen molar-refractivity contribution in [3.63, 3.8) is 0 Å². The Balaban J connectivity index is 2.25. The molecule has 4 N–H and O–H groups in total. The first-order valence-corrected chi connectivity index (χ1v) is 5.91. The number of hydrogen-bond donors (Lipinski definition) is 3. The van der Waals surface area contributed by atoms with Gasteiger partial charge in [-0.3, -0.25) is 4.79 Å². The summed E-state index contributed by atoms with van der Waals surface area (Å²) in [5.41, 5.74) is 5.89. The van der Waals surface area contributed by atoms with Crippen molar-refractivity contribution >= 4 is 17.3 Å². The van der Waals surface area contributed by atoms with Gasteiger partial charge in [0.1, 0.15) is 11.5 Å². The topological polar surface area (TPSA) is 84.6 Å². The molecule has 110 valence electrons. The van der Waals surface area contributed by atoms with Gasteiger partial charge in [0, 0.05) is 5.69 Å². The maximum Gasteiger partial charge on any atom is 0.387 e. The molecule has 5 nitrogen and oxygen atoms in total. The van der Waals surface area contributed by atoms with Gasteiger partial charge in [0.05, 0.1) is 11.3 Å². The van der Waals surface area contributed by atoms with Crippen LogP contribution in [0.15, 0.2) is 42.5 Å². The number of anilines is 2. The number of alkyl halides is 2. The second-order valence-electron chi connectivity index (χ2n) is 4.10. The molecule has 0 saturated carbocycles. The number of nitrogens with one attached hydrogen (secondary N) is 1. The summed E-state index contributed by atoms with van der Waals surface area (Å²) in [7, 11) is 0. The molecule has 0 aliphatic heterocycles. The average Bonchev–Trinajstić information content (AvgIpc) is 2.43. The average molecular weight is 294 g/mol. The van der Waals surface area contributed by atoms with Crippen molar-refractivity contribution in [2.45, 2.75) is 6.61 Å². The Hall–Kier alpha value is -2.83. The van der Waals surface area contributed by atoms with E-state index in [1.54, 1.807) is 6.07 Å². The number of phenolic OH excluding ortho intramolecular Hbond substituents is 1. The Morgan fingerprint density at radius 2 is 1.95 bits per heavy atom. The fourth-order valence-corrected chi connectivity index (χ4v) is 1.70. The molecule has 0 spiro atoms. The molecule has 0 fully saturated rings. The lowest BCUT2D eigenvalue weighted by Crippen LogP contribution is -2.15. The monoisotopic (exact) mass is 294 g/mol. The van der Waals surface area contributed by atoms with Crippen molar-refractivity contribution in [1.29, 1.82) is 0 Å². The van der Waals surface area contributed by atoms with E-state index < -0.39 is 12.5 Å². The van der Waals surface area contributed by atoms with Gasteiger partial charge in [-0.15, -0.1) is 0 Å². The number of phenols is 1. The van der Waals surface area contributed by atoms with E-state index >= 15 is 0 Å². The fourth-order valence-electron chi connectivity index (χ4n) is 1.70. The molecule has 0 radical (unpaired) electrons. The van der Waals surface area contributed by atoms with Crippen molar-refractivity contribution < 1.29 is 23.4 Å². The number of rotatable bonds is 4. The third kappa shape index (κ3) is 3.59. The van der Waals surface area contributed by atoms with Crippen LogP contribution < -0.4 is 15.8 Å². The Labute approximate surface area is 119 Å². The SMILES string of the molecule is Nc1ccc(O)cc1C(=O)Nc1ccccc1OC(F)F. The normalized spacial score (nSPS) is 10.4. The van der Waals surface area contributed by atoms with Crippen LogP contribution in [-0.4, -0.2) is 17.6 Å². The molecule has 0 saturated heterocycles. The quantitative estimate of drug-likeness (QED) is 0.598. The molecule has 7 heteroatoms. The highest BCUT2D eigenvalue weighted by Crippen LogP contribution is 2.27. The maximum absolute atomic E-state index is 12.3. The van der Waals surface area contributed by atoms with Crippen molar-refractivity contribution in [3.05, 3.63) is 48.0 Å². The van der Waals surface area contributed by atoms with Crippen LogP contribution in [0.3, 0.4) is 0 Å². The van der Waals surface area contributed by atoms with Gasteiger partial charge in [-0.1, -0.05) is 12.1 Å². The molecule has 1 amide bonds. The van der Waals surface area contributed by atoms with Crippen LogP contribution in [0, 0.1) is 0 Å². The molecule has 0 heterocycles. The maximum atomic E-state index is 12.3. The Bertz CT molecular complexity index is 662. The predicted molar refractivity (Wildman–Crippen MR) is 73.5 cm³/mol. The molecule has 0 atom stereocenters. The van der Waals surface area contributed by atoms with Gasteiger partial charge in [0.15, 0.2) is 0 Å². The largest absolute Gasteiger partial charge is 0.508 e. The van der Waals surface area contributed by atoms with E-state index in [0.29, 0.717) is 0 Å². The van der Waals surface area contributed by atoms with Gasteiger partial charge >= 0.3 is 6.61 Å². The van der Waals surface area contributed by atoms with Gasteiger partial charge < -0.3 is 20.9 Å². The van der Waals surface area contributed by atoms with Crippen LogP contribution in [0.2, 0.25) is 0 Å². The van der Waals surface area contributed by atoms with Crippen molar-refractivity contribution in [2.24, 2.45) is 0 Å². The second kappa shape index (κ2) is 6.08. The van der Waals surface area contributed by atoms with Crippen LogP contribution in [0.4, 0.5) is 20.2 Å². The molecular weight excluding hydrogens is 282 g/mol. The van der Waals surface area contributed by atoms with E-state index in [2.05, 4.69) is 10.1 Å². The smallest absolute Gasteiger partial charge is 0.387 e. The number of nitrogens with two attached hydrogens (primary N) is 1. The van der Waals surface area contributed by atoms with Crippen molar-refractivity contribution in [1.82, 2.24) is 0 Å². The van der Waals surface area contributed by atoms with E-state index in [-0.39, 0.29) is 28.4 Å². The number of nitrogen functional groups attached to an aromatic ring is 1. The summed E-state index contributed by atoms with van der Waals surface area (Å²) >= 11 is 0. The highest BCUT2D eigenvalue weighted by Gasteiger charge is 2.15. The van der Waals surface area contributed by atoms with Crippen LogP contribution in [0.1, 0.15) is 10.4 Å². The fraction of sp³-hybridized carbons (Fsp3) is 0.0714. The Kier molecular flexibility index (Phi) is 4.22. The minimum Gasteiger partial charge on any atom is -0.508 e. The van der Waals surface area contributed by atoms with Crippen LogP contribution in [0.25, 0.3) is 0 Å². The van der Waals surface area contributed by atoms with Crippen molar-refractivity contribution in [3.8, 4) is 11.5 Å². The molecule has 2 rings (SSSR count). The molecule has 0 unspecified atom stereocenters. The summed E-state index contributed by atoms with van der Waals surface area (Å²) in [5.74, 6) is -0.945. The van der Waals surface area contributed by atoms with Gasteiger partial charge in [0.2, 0.25) is 0 Å². The highest BCUT2D eigenvalue weighted by molar-refractivity contribution is 6.08. The first kappa shape index (κ1) is 14.6. The van der Waals surface area contributed by atoms with E-state index in [1.165, 1.54) is 36.4 Å². The van der Waals surface area contributed by atoms with Gasteiger partial charge in [-0.2, -0.15) is 8.78 Å². The number of carbonyl (C=O) groups excluding carboxylic acids is 1. The number of aromatic hydroxyl groups is 1. The molecule has 0 aliphatic rings. The molecule has 2 aromatic carbocycles. The second-order valence-corrected chi connectivity index (χ2v) is 4.10. The zero-order valence-electron chi connectivity index (χ0n) is 10.7. The number of ether oxygens (including phenoxy) is 1. The lowest BCUT2D eigenvalue weighted by atomic mass is 10.1. The highest BCUT2D eigenvalue weighted by atomic mass is 19.3. The van der Waals surface area contributed by atoms with Gasteiger partial charge in [-0.25, -0.2) is 0 Å². The Morgan fingerprint density at radius 3 is 2.67 bits per heavy atom. The molecule has 2 aromatic rings. The van der Waals surface area contributed by atoms with Gasteiger partial charge in [0.25, 0.3) is 5.91 Å². The third-order valence-corrected chi connectivity index (χ3v) is 2.63. The number of halogens is 2. The zero-order chi connectivity index (χ0) is 15.4. The summed E-state index contributed by atoms with van der Waals surface area (Å²) in [6, 6.07) is 9.64. The summed E-state index contributed by atoms with van der Waals surface area (Å²) in [4.78, 5) is 12.1. The van der Waals surface area contributed by atoms with Crippen LogP contribution >= 0.6 is 0 Å². The standard InChI is InChI=1S/C14H12F2N2O3/c15-14(16)21-12-4-2-1-3-11(12)18-13(20)9-7-8(19)5-6-10(9)17/h1-7,14,19H,17H2,(H,18,20). The third-order valence-electron chi connectivity index (χ3n) is 2.63. The van der Waals surface area contributed by atoms with E-state index in [9.17, 15) is 18.7 Å². The van der Waals surface area contributed by atoms with E-state index in [1.807, 2.05) is 0 Å². The van der Waals surface area contributed by atoms with Crippen molar-refractivity contribution in [2.75, 3.05) is 11.1 Å². The summed E-state index contributed by atoms with van der Waals surface area (Å²) < 4.78 is 28.9. The molecule has 0 aromatic heterocycles. The summed E-state index contributed by atoms with van der Waals surface area (Å²) in [5, 5.41) is 11.8. The minimum absolute atomic E-state index is 0.0295. The molecule has 0 aliphatic carbocycles. The molecular formula is C14H12F2N2O3. The summed E-state index contributed by atoms with van der Waals surface area (Å²) in [6.45, 7) is -3.01. The Morgan fingerprint density at radius 1 is 1.24 bits per heavy atom. The van der Waals surface area contributed by atoms with Crippen LogP contribution in [0.5, 0.6) is 11.5 Å². The minimum atomic E-state index is -3.01. The van der Waals surface area contributed by atoms with E-state index in [4.69, 9.17) is 5.73 Å². The predicted octanol–water partition coefficient (Wildman–Crippen LogP) is 2.83. The number of amides is 1. The number of hydrogen-bond acceptors (Lipinski definition) is 4.